The van der Waals surface area contributed by atoms with E-state index in [1.807, 2.05) is 0 Å². The SMILES string of the molecule is CC(=O)OCC(NC(=O)N(CCCl)N=O)C(OC(C)=O)C(OC(C)=O)C(COC(C)=O)OC(C)=O. The molecular weight excluding hydrogens is 498 g/mol. The Bertz CT molecular complexity index is 793. The Hall–Kier alpha value is -3.49. The van der Waals surface area contributed by atoms with Crippen LogP contribution in [0.5, 0.6) is 0 Å². The van der Waals surface area contributed by atoms with Crippen molar-refractivity contribution in [1.82, 2.24) is 10.3 Å². The Labute approximate surface area is 205 Å². The largest absolute Gasteiger partial charge is 0.464 e. The highest BCUT2D eigenvalue weighted by Gasteiger charge is 2.44. The van der Waals surface area contributed by atoms with Gasteiger partial charge in [-0.1, -0.05) is 0 Å². The molecular formula is C19H28ClN3O12. The summed E-state index contributed by atoms with van der Waals surface area (Å²) in [5.74, 6) is -4.46. The summed E-state index contributed by atoms with van der Waals surface area (Å²) in [7, 11) is 0. The fourth-order valence-corrected chi connectivity index (χ4v) is 2.80. The minimum absolute atomic E-state index is 0.159. The summed E-state index contributed by atoms with van der Waals surface area (Å²) < 4.78 is 25.4. The highest BCUT2D eigenvalue weighted by molar-refractivity contribution is 6.18. The van der Waals surface area contributed by atoms with E-state index in [2.05, 4.69) is 10.6 Å². The number of esters is 5. The Balaban J connectivity index is 6.48. The van der Waals surface area contributed by atoms with Crippen molar-refractivity contribution in [3.8, 4) is 0 Å². The Kier molecular flexibility index (Phi) is 14.6. The monoisotopic (exact) mass is 525 g/mol. The van der Waals surface area contributed by atoms with Gasteiger partial charge in [0.15, 0.2) is 18.3 Å². The van der Waals surface area contributed by atoms with Gasteiger partial charge < -0.3 is 29.0 Å². The van der Waals surface area contributed by atoms with E-state index in [0.717, 1.165) is 34.6 Å². The quantitative estimate of drug-likeness (QED) is 0.107. The Morgan fingerprint density at radius 3 is 1.69 bits per heavy atom. The predicted octanol–water partition coefficient (Wildman–Crippen LogP) is 0.208. The molecule has 0 aromatic rings. The number of nitrogens with one attached hydrogen (secondary N) is 1. The summed E-state index contributed by atoms with van der Waals surface area (Å²) >= 11 is 5.54. The van der Waals surface area contributed by atoms with Crippen LogP contribution >= 0.6 is 11.6 Å². The maximum atomic E-state index is 12.5. The highest BCUT2D eigenvalue weighted by atomic mass is 35.5. The summed E-state index contributed by atoms with van der Waals surface area (Å²) in [6, 6.07) is -2.60. The number of hydrogen-bond acceptors (Lipinski definition) is 13. The molecule has 35 heavy (non-hydrogen) atoms. The van der Waals surface area contributed by atoms with E-state index in [4.69, 9.17) is 35.3 Å². The normalized spacial score (nSPS) is 13.7. The van der Waals surface area contributed by atoms with Gasteiger partial charge in [0.05, 0.1) is 11.8 Å². The molecule has 0 fully saturated rings. The number of carbonyl (C=O) groups is 6. The maximum absolute atomic E-state index is 12.5. The van der Waals surface area contributed by atoms with Crippen molar-refractivity contribution in [3.63, 3.8) is 0 Å². The average molecular weight is 526 g/mol. The third-order valence-corrected chi connectivity index (χ3v) is 4.03. The molecule has 15 nitrogen and oxygen atoms in total. The number of alkyl halides is 1. The van der Waals surface area contributed by atoms with Crippen molar-refractivity contribution in [2.75, 3.05) is 25.6 Å². The summed E-state index contributed by atoms with van der Waals surface area (Å²) in [6.07, 6.45) is -4.88. The first-order valence-electron chi connectivity index (χ1n) is 10.1. The third kappa shape index (κ3) is 13.1. The number of amides is 2. The topological polar surface area (TPSA) is 193 Å². The second-order valence-electron chi connectivity index (χ2n) is 6.85. The van der Waals surface area contributed by atoms with Crippen LogP contribution in [0.1, 0.15) is 34.6 Å². The zero-order valence-electron chi connectivity index (χ0n) is 19.8. The van der Waals surface area contributed by atoms with Crippen LogP contribution in [0.4, 0.5) is 4.79 Å². The fourth-order valence-electron chi connectivity index (χ4n) is 2.64. The summed E-state index contributed by atoms with van der Waals surface area (Å²) in [5.41, 5.74) is 0. The number of nitroso groups, excluding NO2 is 1. The van der Waals surface area contributed by atoms with E-state index in [0.29, 0.717) is 5.01 Å². The van der Waals surface area contributed by atoms with Crippen LogP contribution in [-0.4, -0.2) is 90.9 Å². The van der Waals surface area contributed by atoms with Crippen LogP contribution in [0.3, 0.4) is 0 Å². The highest BCUT2D eigenvalue weighted by Crippen LogP contribution is 2.19. The molecule has 2 amide bonds. The number of hydrogen-bond donors (Lipinski definition) is 1. The maximum Gasteiger partial charge on any atom is 0.340 e. The summed E-state index contributed by atoms with van der Waals surface area (Å²) in [6.45, 7) is 3.54. The van der Waals surface area contributed by atoms with E-state index in [-0.39, 0.29) is 12.4 Å². The van der Waals surface area contributed by atoms with Gasteiger partial charge in [0, 0.05) is 40.5 Å². The van der Waals surface area contributed by atoms with Gasteiger partial charge >= 0.3 is 35.9 Å². The second kappa shape index (κ2) is 16.2. The van der Waals surface area contributed by atoms with E-state index in [9.17, 15) is 33.7 Å². The number of carbonyl (C=O) groups excluding carboxylic acids is 6. The number of rotatable bonds is 14. The number of halogens is 1. The number of urea groups is 1. The van der Waals surface area contributed by atoms with Crippen molar-refractivity contribution in [2.24, 2.45) is 5.29 Å². The van der Waals surface area contributed by atoms with E-state index < -0.39 is 73.4 Å². The number of nitrogens with zero attached hydrogens (tertiary/aromatic N) is 2. The Morgan fingerprint density at radius 1 is 0.771 bits per heavy atom. The smallest absolute Gasteiger partial charge is 0.340 e. The fraction of sp³-hybridized carbons (Fsp3) is 0.684. The van der Waals surface area contributed by atoms with Crippen molar-refractivity contribution in [1.29, 1.82) is 0 Å². The molecule has 0 aliphatic rings. The van der Waals surface area contributed by atoms with Crippen molar-refractivity contribution in [2.45, 2.75) is 59.0 Å². The molecule has 198 valence electrons. The lowest BCUT2D eigenvalue weighted by Gasteiger charge is -2.36. The zero-order chi connectivity index (χ0) is 27.1. The number of ether oxygens (including phenoxy) is 5. The average Bonchev–Trinajstić information content (AvgIpc) is 2.73. The van der Waals surface area contributed by atoms with Gasteiger partial charge in [-0.15, -0.1) is 16.5 Å². The van der Waals surface area contributed by atoms with Crippen LogP contribution in [0.15, 0.2) is 5.29 Å². The molecule has 0 radical (unpaired) electrons. The molecule has 16 heteroatoms. The molecule has 0 saturated carbocycles. The van der Waals surface area contributed by atoms with Gasteiger partial charge in [0.2, 0.25) is 0 Å². The van der Waals surface area contributed by atoms with Crippen molar-refractivity contribution < 1.29 is 52.5 Å². The first-order valence-corrected chi connectivity index (χ1v) is 10.6. The molecule has 0 aliphatic heterocycles. The molecule has 0 aromatic heterocycles. The molecule has 0 aliphatic carbocycles. The molecule has 0 bridgehead atoms. The van der Waals surface area contributed by atoms with Crippen LogP contribution in [0, 0.1) is 4.91 Å². The van der Waals surface area contributed by atoms with Crippen LogP contribution in [-0.2, 0) is 47.7 Å². The first-order chi connectivity index (χ1) is 16.3. The second-order valence-corrected chi connectivity index (χ2v) is 7.23. The summed E-state index contributed by atoms with van der Waals surface area (Å²) in [5, 5.41) is 5.21. The van der Waals surface area contributed by atoms with Gasteiger partial charge in [-0.2, -0.15) is 5.01 Å². The lowest BCUT2D eigenvalue weighted by atomic mass is 10.0. The molecule has 0 saturated heterocycles. The van der Waals surface area contributed by atoms with Gasteiger partial charge in [-0.3, -0.25) is 24.0 Å². The van der Waals surface area contributed by atoms with Crippen LogP contribution in [0.25, 0.3) is 0 Å². The molecule has 0 aromatic carbocycles. The zero-order valence-corrected chi connectivity index (χ0v) is 20.6. The summed E-state index contributed by atoms with van der Waals surface area (Å²) in [4.78, 5) is 81.7. The minimum Gasteiger partial charge on any atom is -0.464 e. The van der Waals surface area contributed by atoms with Crippen LogP contribution < -0.4 is 5.32 Å². The molecule has 1 N–H and O–H groups in total. The van der Waals surface area contributed by atoms with Crippen LogP contribution in [0.2, 0.25) is 0 Å². The molecule has 0 spiro atoms. The Morgan fingerprint density at radius 2 is 1.26 bits per heavy atom. The van der Waals surface area contributed by atoms with Gasteiger partial charge in [0.1, 0.15) is 19.3 Å². The van der Waals surface area contributed by atoms with Crippen molar-refractivity contribution in [3.05, 3.63) is 4.91 Å². The van der Waals surface area contributed by atoms with Crippen molar-refractivity contribution >= 4 is 47.5 Å². The molecule has 4 atom stereocenters. The van der Waals surface area contributed by atoms with E-state index in [1.165, 1.54) is 0 Å². The van der Waals surface area contributed by atoms with E-state index in [1.54, 1.807) is 0 Å². The van der Waals surface area contributed by atoms with E-state index >= 15 is 0 Å². The molecule has 0 heterocycles. The molecule has 4 unspecified atom stereocenters. The lowest BCUT2D eigenvalue weighted by Crippen LogP contribution is -2.59. The first kappa shape index (κ1) is 31.5. The third-order valence-electron chi connectivity index (χ3n) is 3.86. The van der Waals surface area contributed by atoms with Gasteiger partial charge in [0.25, 0.3) is 0 Å². The molecule has 0 rings (SSSR count). The minimum atomic E-state index is -1.68. The van der Waals surface area contributed by atoms with Gasteiger partial charge in [-0.25, -0.2) is 4.79 Å². The predicted molar refractivity (Wildman–Crippen MR) is 115 cm³/mol. The van der Waals surface area contributed by atoms with Gasteiger partial charge in [-0.05, 0) is 0 Å². The standard InChI is InChI=1S/C19H28ClN3O12/c1-10(24)31-8-15(21-19(29)23(22-30)7-6-20)17(34-13(4)27)18(35-14(5)28)16(33-12(3)26)9-32-11(2)25/h15-18H,6-9H2,1-5H3,(H,21,29). The lowest BCUT2D eigenvalue weighted by molar-refractivity contribution is -0.192.